The average Bonchev–Trinajstić information content (AvgIpc) is 2.92. The number of nitrogens with one attached hydrogen (secondary N) is 1. The summed E-state index contributed by atoms with van der Waals surface area (Å²) in [5, 5.41) is 11.3. The van der Waals surface area contributed by atoms with E-state index in [9.17, 15) is 4.79 Å². The molecule has 1 amide bonds. The van der Waals surface area contributed by atoms with E-state index in [0.29, 0.717) is 13.1 Å². The summed E-state index contributed by atoms with van der Waals surface area (Å²) in [6.45, 7) is 4.89. The molecule has 0 saturated heterocycles. The molecule has 0 aromatic carbocycles. The minimum absolute atomic E-state index is 0.0138. The zero-order chi connectivity index (χ0) is 14.7. The molecule has 0 aliphatic heterocycles. The van der Waals surface area contributed by atoms with Gasteiger partial charge >= 0.3 is 0 Å². The lowest BCUT2D eigenvalue weighted by Gasteiger charge is -2.12. The summed E-state index contributed by atoms with van der Waals surface area (Å²) in [6, 6.07) is 0. The van der Waals surface area contributed by atoms with Crippen LogP contribution in [0, 0.1) is 12.8 Å². The van der Waals surface area contributed by atoms with Gasteiger partial charge in [0.05, 0.1) is 28.8 Å². The highest BCUT2D eigenvalue weighted by molar-refractivity contribution is 9.10. The first-order chi connectivity index (χ1) is 9.45. The van der Waals surface area contributed by atoms with Crippen LogP contribution < -0.4 is 5.32 Å². The molecule has 2 aromatic rings. The van der Waals surface area contributed by atoms with E-state index in [1.54, 1.807) is 15.6 Å². The van der Waals surface area contributed by atoms with E-state index in [-0.39, 0.29) is 11.8 Å². The van der Waals surface area contributed by atoms with E-state index in [2.05, 4.69) is 31.4 Å². The molecular formula is C13H18BrN5O. The molecule has 2 rings (SSSR count). The van der Waals surface area contributed by atoms with Crippen molar-refractivity contribution in [2.24, 2.45) is 13.0 Å². The van der Waals surface area contributed by atoms with Crippen LogP contribution in [0.4, 0.5) is 0 Å². The van der Waals surface area contributed by atoms with Gasteiger partial charge in [0, 0.05) is 31.5 Å². The molecule has 0 radical (unpaired) electrons. The lowest BCUT2D eigenvalue weighted by molar-refractivity contribution is -0.125. The van der Waals surface area contributed by atoms with E-state index < -0.39 is 0 Å². The van der Waals surface area contributed by atoms with Crippen LogP contribution in [-0.2, 0) is 24.9 Å². The van der Waals surface area contributed by atoms with E-state index in [0.717, 1.165) is 15.7 Å². The molecule has 2 heterocycles. The van der Waals surface area contributed by atoms with Gasteiger partial charge in [-0.3, -0.25) is 14.2 Å². The van der Waals surface area contributed by atoms with Crippen LogP contribution in [0.5, 0.6) is 0 Å². The molecule has 1 unspecified atom stereocenters. The van der Waals surface area contributed by atoms with Crippen molar-refractivity contribution in [3.05, 3.63) is 34.3 Å². The predicted molar refractivity (Wildman–Crippen MR) is 78.9 cm³/mol. The fraction of sp³-hybridized carbons (Fsp3) is 0.462. The predicted octanol–water partition coefficient (Wildman–Crippen LogP) is 1.64. The third kappa shape index (κ3) is 3.69. The van der Waals surface area contributed by atoms with Crippen molar-refractivity contribution in [3.8, 4) is 0 Å². The molecule has 0 aliphatic rings. The summed E-state index contributed by atoms with van der Waals surface area (Å²) in [7, 11) is 1.87. The number of rotatable bonds is 5. The first kappa shape index (κ1) is 14.8. The Morgan fingerprint density at radius 3 is 2.80 bits per heavy atom. The standard InChI is InChI=1S/C13H18BrN5O/c1-9(6-19-8-12(14)5-16-19)13(20)15-4-11-7-18(3)17-10(11)2/h5,7-9H,4,6H2,1-3H3,(H,15,20). The largest absolute Gasteiger partial charge is 0.352 e. The second-order valence-corrected chi connectivity index (χ2v) is 5.83. The Bertz CT molecular complexity index is 604. The number of aromatic nitrogens is 4. The maximum absolute atomic E-state index is 12.1. The van der Waals surface area contributed by atoms with Crippen LogP contribution in [-0.4, -0.2) is 25.5 Å². The minimum Gasteiger partial charge on any atom is -0.352 e. The van der Waals surface area contributed by atoms with Crippen molar-refractivity contribution in [1.29, 1.82) is 0 Å². The Balaban J connectivity index is 1.86. The maximum Gasteiger partial charge on any atom is 0.224 e. The van der Waals surface area contributed by atoms with Crippen LogP contribution in [0.25, 0.3) is 0 Å². The summed E-state index contributed by atoms with van der Waals surface area (Å²) in [6.07, 6.45) is 5.49. The second-order valence-electron chi connectivity index (χ2n) is 4.91. The van der Waals surface area contributed by atoms with Gasteiger partial charge in [0.2, 0.25) is 5.91 Å². The normalized spacial score (nSPS) is 12.4. The van der Waals surface area contributed by atoms with E-state index in [1.165, 1.54) is 0 Å². The van der Waals surface area contributed by atoms with Gasteiger partial charge in [-0.1, -0.05) is 6.92 Å². The molecule has 20 heavy (non-hydrogen) atoms. The lowest BCUT2D eigenvalue weighted by atomic mass is 10.1. The molecule has 2 aromatic heterocycles. The summed E-state index contributed by atoms with van der Waals surface area (Å²) in [5.41, 5.74) is 1.98. The Hall–Kier alpha value is -1.63. The maximum atomic E-state index is 12.1. The summed E-state index contributed by atoms with van der Waals surface area (Å²) in [5.74, 6) is -0.126. The first-order valence-electron chi connectivity index (χ1n) is 6.40. The molecule has 1 atom stereocenters. The molecule has 6 nitrogen and oxygen atoms in total. The quantitative estimate of drug-likeness (QED) is 0.900. The van der Waals surface area contributed by atoms with Crippen molar-refractivity contribution in [2.75, 3.05) is 0 Å². The zero-order valence-corrected chi connectivity index (χ0v) is 13.4. The van der Waals surface area contributed by atoms with Gasteiger partial charge < -0.3 is 5.32 Å². The number of carbonyl (C=O) groups is 1. The van der Waals surface area contributed by atoms with Gasteiger partial charge in [-0.25, -0.2) is 0 Å². The highest BCUT2D eigenvalue weighted by Crippen LogP contribution is 2.09. The Morgan fingerprint density at radius 1 is 1.50 bits per heavy atom. The topological polar surface area (TPSA) is 64.7 Å². The fourth-order valence-electron chi connectivity index (χ4n) is 1.98. The summed E-state index contributed by atoms with van der Waals surface area (Å²) >= 11 is 3.34. The molecule has 0 bridgehead atoms. The molecule has 108 valence electrons. The molecular weight excluding hydrogens is 322 g/mol. The van der Waals surface area contributed by atoms with Crippen LogP contribution >= 0.6 is 15.9 Å². The first-order valence-corrected chi connectivity index (χ1v) is 7.20. The zero-order valence-electron chi connectivity index (χ0n) is 11.8. The third-order valence-electron chi connectivity index (χ3n) is 3.08. The molecule has 0 spiro atoms. The number of aryl methyl sites for hydroxylation is 2. The van der Waals surface area contributed by atoms with E-state index in [4.69, 9.17) is 0 Å². The molecule has 0 fully saturated rings. The average molecular weight is 340 g/mol. The monoisotopic (exact) mass is 339 g/mol. The van der Waals surface area contributed by atoms with Crippen LogP contribution in [0.1, 0.15) is 18.2 Å². The number of hydrogen-bond donors (Lipinski definition) is 1. The number of halogens is 1. The number of hydrogen-bond acceptors (Lipinski definition) is 3. The lowest BCUT2D eigenvalue weighted by Crippen LogP contribution is -2.31. The van der Waals surface area contributed by atoms with Gasteiger partial charge in [0.15, 0.2) is 0 Å². The van der Waals surface area contributed by atoms with Crippen LogP contribution in [0.2, 0.25) is 0 Å². The van der Waals surface area contributed by atoms with E-state index >= 15 is 0 Å². The SMILES string of the molecule is Cc1nn(C)cc1CNC(=O)C(C)Cn1cc(Br)cn1. The molecule has 0 saturated carbocycles. The van der Waals surface area contributed by atoms with Gasteiger partial charge in [-0.2, -0.15) is 10.2 Å². The van der Waals surface area contributed by atoms with Crippen molar-refractivity contribution >= 4 is 21.8 Å². The molecule has 1 N–H and O–H groups in total. The Morgan fingerprint density at radius 2 is 2.25 bits per heavy atom. The van der Waals surface area contributed by atoms with Gasteiger partial charge in [0.1, 0.15) is 0 Å². The Labute approximate surface area is 126 Å². The van der Waals surface area contributed by atoms with E-state index in [1.807, 2.05) is 33.3 Å². The fourth-order valence-corrected chi connectivity index (χ4v) is 2.31. The van der Waals surface area contributed by atoms with Gasteiger partial charge in [-0.05, 0) is 22.9 Å². The number of carbonyl (C=O) groups excluding carboxylic acids is 1. The second kappa shape index (κ2) is 6.21. The van der Waals surface area contributed by atoms with Crippen molar-refractivity contribution < 1.29 is 4.79 Å². The summed E-state index contributed by atoms with van der Waals surface area (Å²) in [4.78, 5) is 12.1. The van der Waals surface area contributed by atoms with Crippen molar-refractivity contribution in [2.45, 2.75) is 26.9 Å². The number of nitrogens with zero attached hydrogens (tertiary/aromatic N) is 4. The number of amides is 1. The Kier molecular flexibility index (Phi) is 4.59. The third-order valence-corrected chi connectivity index (χ3v) is 3.49. The minimum atomic E-state index is -0.140. The highest BCUT2D eigenvalue weighted by Gasteiger charge is 2.14. The molecule has 0 aliphatic carbocycles. The van der Waals surface area contributed by atoms with Crippen LogP contribution in [0.15, 0.2) is 23.1 Å². The smallest absolute Gasteiger partial charge is 0.224 e. The highest BCUT2D eigenvalue weighted by atomic mass is 79.9. The molecule has 7 heteroatoms. The van der Waals surface area contributed by atoms with Crippen LogP contribution in [0.3, 0.4) is 0 Å². The van der Waals surface area contributed by atoms with Gasteiger partial charge in [0.25, 0.3) is 0 Å². The van der Waals surface area contributed by atoms with Gasteiger partial charge in [-0.15, -0.1) is 0 Å². The summed E-state index contributed by atoms with van der Waals surface area (Å²) < 4.78 is 4.42. The van der Waals surface area contributed by atoms with Crippen molar-refractivity contribution in [1.82, 2.24) is 24.9 Å². The van der Waals surface area contributed by atoms with Crippen molar-refractivity contribution in [3.63, 3.8) is 0 Å².